The van der Waals surface area contributed by atoms with E-state index in [9.17, 15) is 14.4 Å². The van der Waals surface area contributed by atoms with E-state index in [0.717, 1.165) is 5.69 Å². The first kappa shape index (κ1) is 21.4. The standard InChI is InChI=1S/C22H24N6O4/c1-2-18-17(12-23-22-24-14-25-28(18)22)21(31)32-13-19(29)27-10-8-15(9-11-27)20(30)26-16-6-4-3-5-7-16/h3-7,12,14-15H,2,8-11,13H2,1H3,(H,26,30). The van der Waals surface area contributed by atoms with E-state index in [2.05, 4.69) is 20.4 Å². The number of likely N-dealkylation sites (tertiary alicyclic amines) is 1. The number of ether oxygens (including phenoxy) is 1. The molecule has 1 saturated heterocycles. The van der Waals surface area contributed by atoms with Gasteiger partial charge >= 0.3 is 5.97 Å². The fraction of sp³-hybridized carbons (Fsp3) is 0.364. The van der Waals surface area contributed by atoms with Crippen LogP contribution in [-0.2, 0) is 20.7 Å². The van der Waals surface area contributed by atoms with Crippen LogP contribution < -0.4 is 5.32 Å². The van der Waals surface area contributed by atoms with Crippen molar-refractivity contribution >= 4 is 29.2 Å². The summed E-state index contributed by atoms with van der Waals surface area (Å²) < 4.78 is 6.74. The summed E-state index contributed by atoms with van der Waals surface area (Å²) in [5, 5.41) is 6.98. The van der Waals surface area contributed by atoms with Crippen LogP contribution in [-0.4, -0.2) is 62.0 Å². The summed E-state index contributed by atoms with van der Waals surface area (Å²) in [7, 11) is 0. The smallest absolute Gasteiger partial charge is 0.342 e. The lowest BCUT2D eigenvalue weighted by Crippen LogP contribution is -2.43. The van der Waals surface area contributed by atoms with Crippen LogP contribution in [0.4, 0.5) is 5.69 Å². The number of carbonyl (C=O) groups is 3. The van der Waals surface area contributed by atoms with Gasteiger partial charge in [-0.25, -0.2) is 14.3 Å². The van der Waals surface area contributed by atoms with E-state index in [-0.39, 0.29) is 29.9 Å². The molecule has 3 aromatic rings. The van der Waals surface area contributed by atoms with Gasteiger partial charge in [-0.1, -0.05) is 25.1 Å². The Bertz CT molecular complexity index is 1120. The highest BCUT2D eigenvalue weighted by molar-refractivity contribution is 5.93. The first-order valence-corrected chi connectivity index (χ1v) is 10.5. The largest absolute Gasteiger partial charge is 0.452 e. The average molecular weight is 436 g/mol. The number of nitrogens with one attached hydrogen (secondary N) is 1. The number of benzene rings is 1. The zero-order valence-corrected chi connectivity index (χ0v) is 17.7. The Kier molecular flexibility index (Phi) is 6.39. The number of carbonyl (C=O) groups excluding carboxylic acids is 3. The van der Waals surface area contributed by atoms with Gasteiger partial charge in [0.15, 0.2) is 6.61 Å². The van der Waals surface area contributed by atoms with Crippen molar-refractivity contribution in [3.05, 3.63) is 54.1 Å². The summed E-state index contributed by atoms with van der Waals surface area (Å²) in [4.78, 5) is 47.3. The Morgan fingerprint density at radius 2 is 1.88 bits per heavy atom. The SMILES string of the molecule is CCc1c(C(=O)OCC(=O)N2CCC(C(=O)Nc3ccccc3)CC2)cnc2ncnn12. The van der Waals surface area contributed by atoms with Crippen LogP contribution in [0.15, 0.2) is 42.9 Å². The predicted molar refractivity (Wildman–Crippen MR) is 115 cm³/mol. The summed E-state index contributed by atoms with van der Waals surface area (Å²) in [5.41, 5.74) is 1.64. The summed E-state index contributed by atoms with van der Waals surface area (Å²) in [6.07, 6.45) is 4.41. The lowest BCUT2D eigenvalue weighted by Gasteiger charge is -2.31. The Morgan fingerprint density at radius 1 is 1.12 bits per heavy atom. The van der Waals surface area contributed by atoms with Crippen molar-refractivity contribution in [3.63, 3.8) is 0 Å². The molecule has 1 aromatic carbocycles. The molecule has 0 unspecified atom stereocenters. The maximum Gasteiger partial charge on any atom is 0.342 e. The molecule has 0 aliphatic carbocycles. The molecular formula is C22H24N6O4. The average Bonchev–Trinajstić information content (AvgIpc) is 3.31. The molecule has 4 rings (SSSR count). The minimum Gasteiger partial charge on any atom is -0.452 e. The zero-order chi connectivity index (χ0) is 22.5. The zero-order valence-electron chi connectivity index (χ0n) is 17.7. The molecule has 0 atom stereocenters. The van der Waals surface area contributed by atoms with Crippen molar-refractivity contribution in [1.82, 2.24) is 24.5 Å². The second kappa shape index (κ2) is 9.54. The second-order valence-corrected chi connectivity index (χ2v) is 7.53. The molecule has 0 saturated carbocycles. The fourth-order valence-corrected chi connectivity index (χ4v) is 3.79. The molecule has 0 radical (unpaired) electrons. The highest BCUT2D eigenvalue weighted by atomic mass is 16.5. The molecule has 2 aromatic heterocycles. The number of rotatable bonds is 6. The number of anilines is 1. The Labute approximate surface area is 184 Å². The summed E-state index contributed by atoms with van der Waals surface area (Å²) in [5.74, 6) is -0.716. The number of piperidine rings is 1. The van der Waals surface area contributed by atoms with E-state index < -0.39 is 5.97 Å². The van der Waals surface area contributed by atoms with Crippen molar-refractivity contribution in [2.45, 2.75) is 26.2 Å². The topological polar surface area (TPSA) is 119 Å². The molecule has 1 fully saturated rings. The molecule has 3 heterocycles. The van der Waals surface area contributed by atoms with Crippen LogP contribution in [0, 0.1) is 5.92 Å². The van der Waals surface area contributed by atoms with E-state index >= 15 is 0 Å². The number of hydrogen-bond acceptors (Lipinski definition) is 7. The second-order valence-electron chi connectivity index (χ2n) is 7.53. The van der Waals surface area contributed by atoms with E-state index in [1.807, 2.05) is 37.3 Å². The van der Waals surface area contributed by atoms with E-state index in [4.69, 9.17) is 4.74 Å². The number of aryl methyl sites for hydroxylation is 1. The quantitative estimate of drug-likeness (QED) is 0.585. The number of hydrogen-bond donors (Lipinski definition) is 1. The molecule has 1 N–H and O–H groups in total. The van der Waals surface area contributed by atoms with E-state index in [1.54, 1.807) is 4.90 Å². The Balaban J connectivity index is 1.28. The maximum atomic E-state index is 12.5. The van der Waals surface area contributed by atoms with Gasteiger partial charge in [0.1, 0.15) is 6.33 Å². The first-order chi connectivity index (χ1) is 15.6. The van der Waals surface area contributed by atoms with Crippen LogP contribution in [0.5, 0.6) is 0 Å². The third-order valence-electron chi connectivity index (χ3n) is 5.55. The number of amides is 2. The number of fused-ring (bicyclic) bond motifs is 1. The van der Waals surface area contributed by atoms with Gasteiger partial charge in [-0.15, -0.1) is 0 Å². The van der Waals surface area contributed by atoms with Crippen LogP contribution >= 0.6 is 0 Å². The fourth-order valence-electron chi connectivity index (χ4n) is 3.79. The van der Waals surface area contributed by atoms with Gasteiger partial charge in [-0.3, -0.25) is 9.59 Å². The molecule has 1 aliphatic heterocycles. The highest BCUT2D eigenvalue weighted by Gasteiger charge is 2.28. The minimum absolute atomic E-state index is 0.0437. The Morgan fingerprint density at radius 3 is 2.59 bits per heavy atom. The van der Waals surface area contributed by atoms with Crippen LogP contribution in [0.25, 0.3) is 5.78 Å². The molecule has 2 amide bonds. The predicted octanol–water partition coefficient (Wildman–Crippen LogP) is 1.72. The van der Waals surface area contributed by atoms with Crippen LogP contribution in [0.3, 0.4) is 0 Å². The van der Waals surface area contributed by atoms with Gasteiger partial charge in [-0.2, -0.15) is 10.1 Å². The molecule has 32 heavy (non-hydrogen) atoms. The Hall–Kier alpha value is -3.82. The third-order valence-corrected chi connectivity index (χ3v) is 5.55. The van der Waals surface area contributed by atoms with E-state index in [1.165, 1.54) is 17.0 Å². The van der Waals surface area contributed by atoms with Gasteiger partial charge in [-0.05, 0) is 31.4 Å². The molecule has 0 bridgehead atoms. The van der Waals surface area contributed by atoms with Gasteiger partial charge in [0.2, 0.25) is 5.91 Å². The highest BCUT2D eigenvalue weighted by Crippen LogP contribution is 2.20. The lowest BCUT2D eigenvalue weighted by atomic mass is 9.95. The minimum atomic E-state index is -0.628. The van der Waals surface area contributed by atoms with Crippen molar-refractivity contribution in [2.75, 3.05) is 25.0 Å². The number of para-hydroxylation sites is 1. The number of nitrogens with zero attached hydrogens (tertiary/aromatic N) is 5. The molecule has 10 heteroatoms. The van der Waals surface area contributed by atoms with Gasteiger partial charge < -0.3 is 15.0 Å². The van der Waals surface area contributed by atoms with Gasteiger partial charge in [0, 0.05) is 30.9 Å². The van der Waals surface area contributed by atoms with Crippen LogP contribution in [0.2, 0.25) is 0 Å². The first-order valence-electron chi connectivity index (χ1n) is 10.5. The van der Waals surface area contributed by atoms with Crippen LogP contribution in [0.1, 0.15) is 35.8 Å². The van der Waals surface area contributed by atoms with E-state index in [0.29, 0.717) is 43.8 Å². The van der Waals surface area contributed by atoms with Gasteiger partial charge in [0.25, 0.3) is 11.7 Å². The summed E-state index contributed by atoms with van der Waals surface area (Å²) >= 11 is 0. The summed E-state index contributed by atoms with van der Waals surface area (Å²) in [6, 6.07) is 9.29. The molecule has 10 nitrogen and oxygen atoms in total. The molecule has 1 aliphatic rings. The number of aromatic nitrogens is 4. The van der Waals surface area contributed by atoms with Crippen molar-refractivity contribution in [1.29, 1.82) is 0 Å². The van der Waals surface area contributed by atoms with Crippen molar-refractivity contribution in [3.8, 4) is 0 Å². The monoisotopic (exact) mass is 436 g/mol. The summed E-state index contributed by atoms with van der Waals surface area (Å²) in [6.45, 7) is 2.40. The lowest BCUT2D eigenvalue weighted by molar-refractivity contribution is -0.137. The molecule has 166 valence electrons. The molecular weight excluding hydrogens is 412 g/mol. The maximum absolute atomic E-state index is 12.5. The van der Waals surface area contributed by atoms with Crippen molar-refractivity contribution in [2.24, 2.45) is 5.92 Å². The third kappa shape index (κ3) is 4.58. The number of esters is 1. The molecule has 0 spiro atoms. The normalized spacial score (nSPS) is 14.3. The van der Waals surface area contributed by atoms with Crippen molar-refractivity contribution < 1.29 is 19.1 Å². The van der Waals surface area contributed by atoms with Gasteiger partial charge in [0.05, 0.1) is 11.3 Å².